The number of ether oxygens (including phenoxy) is 2. The molecule has 1 heterocycles. The van der Waals surface area contributed by atoms with Gasteiger partial charge in [0.15, 0.2) is 11.5 Å². The van der Waals surface area contributed by atoms with E-state index < -0.39 is 16.1 Å². The van der Waals surface area contributed by atoms with Crippen LogP contribution in [0.4, 0.5) is 0 Å². The van der Waals surface area contributed by atoms with Crippen LogP contribution in [0.2, 0.25) is 5.02 Å². The van der Waals surface area contributed by atoms with Gasteiger partial charge in [-0.2, -0.15) is 4.31 Å². The van der Waals surface area contributed by atoms with E-state index in [1.807, 2.05) is 12.4 Å². The summed E-state index contributed by atoms with van der Waals surface area (Å²) in [5.74, 6) is 1.08. The molecular weight excluding hydrogens is 484 g/mol. The maximum atomic E-state index is 13.2. The number of hydrogen-bond acceptors (Lipinski definition) is 7. The molecule has 0 saturated heterocycles. The zero-order valence-corrected chi connectivity index (χ0v) is 21.1. The average Bonchev–Trinajstić information content (AvgIpc) is 3.18. The molecule has 0 radical (unpaired) electrons. The van der Waals surface area contributed by atoms with Crippen molar-refractivity contribution < 1.29 is 23.0 Å². The molecule has 0 aliphatic heterocycles. The molecule has 0 amide bonds. The number of nitrogens with zero attached hydrogens (tertiary/aromatic N) is 2. The largest absolute Gasteiger partial charge is 0.493 e. The fourth-order valence-electron chi connectivity index (χ4n) is 3.25. The van der Waals surface area contributed by atoms with Crippen molar-refractivity contribution in [3.63, 3.8) is 0 Å². The summed E-state index contributed by atoms with van der Waals surface area (Å²) in [7, 11) is -2.31. The van der Waals surface area contributed by atoms with Crippen LogP contribution in [0.3, 0.4) is 0 Å². The monoisotopic (exact) mass is 510 g/mol. The van der Waals surface area contributed by atoms with Crippen LogP contribution in [0.5, 0.6) is 11.5 Å². The van der Waals surface area contributed by atoms with Gasteiger partial charge in [0.1, 0.15) is 0 Å². The van der Waals surface area contributed by atoms with Crippen molar-refractivity contribution >= 4 is 33.0 Å². The van der Waals surface area contributed by atoms with E-state index in [4.69, 9.17) is 21.1 Å². The third-order valence-electron chi connectivity index (χ3n) is 4.94. The molecule has 0 bridgehead atoms. The Balaban J connectivity index is 1.77. The van der Waals surface area contributed by atoms with Gasteiger partial charge in [0.2, 0.25) is 10.0 Å². The maximum Gasteiger partial charge on any atom is 0.243 e. The number of hydrogen-bond donors (Lipinski definition) is 1. The highest BCUT2D eigenvalue weighted by Crippen LogP contribution is 2.30. The van der Waals surface area contributed by atoms with Crippen molar-refractivity contribution in [3.05, 3.63) is 69.1 Å². The van der Waals surface area contributed by atoms with Gasteiger partial charge in [-0.25, -0.2) is 13.4 Å². The molecule has 1 aromatic heterocycles. The Morgan fingerprint density at radius 3 is 2.52 bits per heavy atom. The van der Waals surface area contributed by atoms with Crippen LogP contribution in [0, 0.1) is 6.92 Å². The Morgan fingerprint density at radius 2 is 1.91 bits per heavy atom. The van der Waals surface area contributed by atoms with Gasteiger partial charge < -0.3 is 14.6 Å². The molecule has 0 spiro atoms. The van der Waals surface area contributed by atoms with Gasteiger partial charge >= 0.3 is 0 Å². The molecule has 178 valence electrons. The summed E-state index contributed by atoms with van der Waals surface area (Å²) in [6.07, 6.45) is -0.102. The molecule has 2 aromatic carbocycles. The summed E-state index contributed by atoms with van der Waals surface area (Å²) in [4.78, 5) is 5.52. The fraction of sp³-hybridized carbons (Fsp3) is 0.348. The van der Waals surface area contributed by atoms with E-state index in [2.05, 4.69) is 4.98 Å². The van der Waals surface area contributed by atoms with Gasteiger partial charge in [-0.1, -0.05) is 17.7 Å². The number of sulfonamides is 1. The Bertz CT molecular complexity index is 1160. The van der Waals surface area contributed by atoms with E-state index in [0.29, 0.717) is 28.7 Å². The van der Waals surface area contributed by atoms with Gasteiger partial charge in [-0.3, -0.25) is 0 Å². The van der Waals surface area contributed by atoms with Crippen LogP contribution in [0.1, 0.15) is 23.1 Å². The van der Waals surface area contributed by atoms with Gasteiger partial charge in [0, 0.05) is 29.4 Å². The lowest BCUT2D eigenvalue weighted by atomic mass is 10.2. The average molecular weight is 511 g/mol. The van der Waals surface area contributed by atoms with E-state index in [9.17, 15) is 13.5 Å². The number of aromatic nitrogens is 1. The molecular formula is C23H27ClN2O5S2. The molecule has 0 fully saturated rings. The van der Waals surface area contributed by atoms with Crippen LogP contribution in [-0.2, 0) is 23.0 Å². The molecule has 7 nitrogen and oxygen atoms in total. The van der Waals surface area contributed by atoms with Crippen molar-refractivity contribution in [3.8, 4) is 11.5 Å². The lowest BCUT2D eigenvalue weighted by Crippen LogP contribution is -2.36. The molecule has 0 aliphatic rings. The molecule has 1 N–H and O–H groups in total. The number of aryl methyl sites for hydroxylation is 1. The first-order valence-corrected chi connectivity index (χ1v) is 13.0. The lowest BCUT2D eigenvalue weighted by Gasteiger charge is -2.24. The number of thiazole rings is 1. The minimum Gasteiger partial charge on any atom is -0.493 e. The first-order valence-electron chi connectivity index (χ1n) is 10.3. The first kappa shape index (κ1) is 25.5. The normalized spacial score (nSPS) is 12.7. The standard InChI is InChI=1S/C23H27ClN2O5S2/c1-16(27)13-26(33(28,29)20-7-5-19(24)6-8-20)14-18-4-9-21(22(12-18)30-3)31-11-10-23-17(2)25-15-32-23/h4-9,12,15-16,27H,10-11,13-14H2,1-3H3. The molecule has 33 heavy (non-hydrogen) atoms. The van der Waals surface area contributed by atoms with E-state index in [1.54, 1.807) is 36.5 Å². The smallest absolute Gasteiger partial charge is 0.243 e. The second-order valence-electron chi connectivity index (χ2n) is 7.55. The van der Waals surface area contributed by atoms with Crippen LogP contribution < -0.4 is 9.47 Å². The molecule has 0 saturated carbocycles. The van der Waals surface area contributed by atoms with Crippen LogP contribution in [-0.4, -0.2) is 49.2 Å². The predicted octanol–water partition coefficient (Wildman–Crippen LogP) is 4.31. The van der Waals surface area contributed by atoms with Gasteiger partial charge in [-0.15, -0.1) is 11.3 Å². The molecule has 1 atom stereocenters. The van der Waals surface area contributed by atoms with E-state index in [0.717, 1.165) is 12.1 Å². The first-order chi connectivity index (χ1) is 15.7. The van der Waals surface area contributed by atoms with E-state index >= 15 is 0 Å². The number of halogens is 1. The Morgan fingerprint density at radius 1 is 1.18 bits per heavy atom. The zero-order chi connectivity index (χ0) is 24.0. The third kappa shape index (κ3) is 6.68. The van der Waals surface area contributed by atoms with Crippen molar-refractivity contribution in [1.82, 2.24) is 9.29 Å². The summed E-state index contributed by atoms with van der Waals surface area (Å²) < 4.78 is 39.0. The molecule has 10 heteroatoms. The number of aliphatic hydroxyl groups excluding tert-OH is 1. The van der Waals surface area contributed by atoms with E-state index in [1.165, 1.54) is 40.6 Å². The van der Waals surface area contributed by atoms with Gasteiger partial charge in [0.25, 0.3) is 0 Å². The maximum absolute atomic E-state index is 13.2. The minimum atomic E-state index is -3.85. The second kappa shape index (κ2) is 11.3. The quantitative estimate of drug-likeness (QED) is 0.413. The van der Waals surface area contributed by atoms with Gasteiger partial charge in [0.05, 0.1) is 35.9 Å². The predicted molar refractivity (Wildman–Crippen MR) is 130 cm³/mol. The highest BCUT2D eigenvalue weighted by atomic mass is 35.5. The van der Waals surface area contributed by atoms with Crippen molar-refractivity contribution in [2.75, 3.05) is 20.3 Å². The number of rotatable bonds is 11. The highest BCUT2D eigenvalue weighted by molar-refractivity contribution is 7.89. The molecule has 1 unspecified atom stereocenters. The lowest BCUT2D eigenvalue weighted by molar-refractivity contribution is 0.161. The molecule has 3 rings (SSSR count). The second-order valence-corrected chi connectivity index (χ2v) is 10.9. The number of aliphatic hydroxyl groups is 1. The highest BCUT2D eigenvalue weighted by Gasteiger charge is 2.26. The van der Waals surface area contributed by atoms with Crippen molar-refractivity contribution in [2.45, 2.75) is 37.8 Å². The van der Waals surface area contributed by atoms with Crippen LogP contribution in [0.15, 0.2) is 52.9 Å². The summed E-state index contributed by atoms with van der Waals surface area (Å²) in [6.45, 7) is 4.00. The van der Waals surface area contributed by atoms with Gasteiger partial charge in [-0.05, 0) is 55.8 Å². The zero-order valence-electron chi connectivity index (χ0n) is 18.7. The summed E-state index contributed by atoms with van der Waals surface area (Å²) in [5.41, 5.74) is 3.53. The van der Waals surface area contributed by atoms with Crippen molar-refractivity contribution in [1.29, 1.82) is 0 Å². The Hall–Kier alpha value is -2.17. The summed E-state index contributed by atoms with van der Waals surface area (Å²) >= 11 is 7.50. The fourth-order valence-corrected chi connectivity index (χ4v) is 5.65. The third-order valence-corrected chi connectivity index (χ3v) is 8.01. The Labute approximate surface area is 203 Å². The summed E-state index contributed by atoms with van der Waals surface area (Å²) in [6, 6.07) is 11.3. The molecule has 3 aromatic rings. The summed E-state index contributed by atoms with van der Waals surface area (Å²) in [5, 5.41) is 10.4. The Kier molecular flexibility index (Phi) is 8.72. The number of benzene rings is 2. The van der Waals surface area contributed by atoms with E-state index in [-0.39, 0.29) is 18.0 Å². The van der Waals surface area contributed by atoms with Crippen molar-refractivity contribution in [2.24, 2.45) is 0 Å². The topological polar surface area (TPSA) is 89.0 Å². The molecule has 0 aliphatic carbocycles. The van der Waals surface area contributed by atoms with Crippen LogP contribution in [0.25, 0.3) is 0 Å². The van der Waals surface area contributed by atoms with Crippen LogP contribution >= 0.6 is 22.9 Å². The minimum absolute atomic E-state index is 0.0558. The SMILES string of the molecule is COc1cc(CN(CC(C)O)S(=O)(=O)c2ccc(Cl)cc2)ccc1OCCc1scnc1C. The number of methoxy groups -OCH3 is 1.